The molecule has 1 heterocycles. The fourth-order valence-electron chi connectivity index (χ4n) is 3.20. The maximum absolute atomic E-state index is 12.5. The zero-order valence-corrected chi connectivity index (χ0v) is 14.5. The second-order valence-corrected chi connectivity index (χ2v) is 6.38. The van der Waals surface area contributed by atoms with Crippen LogP contribution in [-0.4, -0.2) is 24.8 Å². The van der Waals surface area contributed by atoms with Crippen molar-refractivity contribution < 1.29 is 22.7 Å². The van der Waals surface area contributed by atoms with Crippen LogP contribution in [0, 0.1) is 5.92 Å². The molecule has 0 saturated carbocycles. The molecule has 140 valence electrons. The van der Waals surface area contributed by atoms with Crippen molar-refractivity contribution in [2.24, 2.45) is 5.92 Å². The van der Waals surface area contributed by atoms with Crippen LogP contribution in [0.15, 0.2) is 24.3 Å². The Morgan fingerprint density at radius 2 is 1.88 bits per heavy atom. The molecule has 1 aliphatic rings. The van der Waals surface area contributed by atoms with E-state index in [9.17, 15) is 18.0 Å². The molecule has 1 aromatic rings. The third-order valence-electron chi connectivity index (χ3n) is 4.69. The van der Waals surface area contributed by atoms with E-state index < -0.39 is 17.8 Å². The molecule has 4 nitrogen and oxygen atoms in total. The van der Waals surface area contributed by atoms with Gasteiger partial charge in [0.2, 0.25) is 0 Å². The number of nitrogens with one attached hydrogen (secondary N) is 2. The van der Waals surface area contributed by atoms with Crippen molar-refractivity contribution >= 4 is 11.7 Å². The Morgan fingerprint density at radius 3 is 2.44 bits per heavy atom. The van der Waals surface area contributed by atoms with Gasteiger partial charge in [-0.1, -0.05) is 26.7 Å². The van der Waals surface area contributed by atoms with Crippen molar-refractivity contribution in [1.29, 1.82) is 0 Å². The van der Waals surface area contributed by atoms with E-state index in [1.165, 1.54) is 12.1 Å². The molecule has 0 aromatic heterocycles. The fourth-order valence-corrected chi connectivity index (χ4v) is 3.20. The number of carbonyl (C=O) groups excluding carboxylic acids is 1. The topological polar surface area (TPSA) is 50.4 Å². The van der Waals surface area contributed by atoms with Gasteiger partial charge >= 0.3 is 12.2 Å². The Kier molecular flexibility index (Phi) is 6.70. The molecule has 0 bridgehead atoms. The first-order valence-electron chi connectivity index (χ1n) is 8.69. The molecule has 2 N–H and O–H groups in total. The number of rotatable bonds is 5. The minimum absolute atomic E-state index is 0.00815. The summed E-state index contributed by atoms with van der Waals surface area (Å²) in [5.74, 6) is 0.475. The van der Waals surface area contributed by atoms with E-state index in [0.29, 0.717) is 18.2 Å². The largest absolute Gasteiger partial charge is 0.416 e. The van der Waals surface area contributed by atoms with Crippen LogP contribution in [0.4, 0.5) is 23.7 Å². The van der Waals surface area contributed by atoms with E-state index in [-0.39, 0.29) is 12.1 Å². The minimum atomic E-state index is -4.38. The van der Waals surface area contributed by atoms with Gasteiger partial charge in [0.05, 0.1) is 11.7 Å². The summed E-state index contributed by atoms with van der Waals surface area (Å²) in [6.07, 6.45) is -0.686. The van der Waals surface area contributed by atoms with Gasteiger partial charge in [-0.05, 0) is 43.0 Å². The van der Waals surface area contributed by atoms with Gasteiger partial charge in [0, 0.05) is 18.3 Å². The highest BCUT2D eigenvalue weighted by atomic mass is 19.4. The van der Waals surface area contributed by atoms with E-state index >= 15 is 0 Å². The lowest BCUT2D eigenvalue weighted by Gasteiger charge is -2.34. The van der Waals surface area contributed by atoms with Crippen molar-refractivity contribution in [1.82, 2.24) is 5.32 Å². The zero-order valence-electron chi connectivity index (χ0n) is 14.5. The second-order valence-electron chi connectivity index (χ2n) is 6.38. The summed E-state index contributed by atoms with van der Waals surface area (Å²) in [7, 11) is 0. The van der Waals surface area contributed by atoms with Crippen LogP contribution in [0.3, 0.4) is 0 Å². The third-order valence-corrected chi connectivity index (χ3v) is 4.69. The number of amides is 2. The number of alkyl halides is 3. The molecule has 1 aliphatic heterocycles. The summed E-state index contributed by atoms with van der Waals surface area (Å²) in [4.78, 5) is 12.1. The molecule has 7 heteroatoms. The number of urea groups is 1. The Hall–Kier alpha value is -1.76. The highest BCUT2D eigenvalue weighted by Gasteiger charge is 2.30. The van der Waals surface area contributed by atoms with Crippen molar-refractivity contribution in [3.05, 3.63) is 29.8 Å². The highest BCUT2D eigenvalue weighted by Crippen LogP contribution is 2.30. The van der Waals surface area contributed by atoms with Crippen LogP contribution < -0.4 is 10.6 Å². The summed E-state index contributed by atoms with van der Waals surface area (Å²) in [5.41, 5.74) is -0.412. The van der Waals surface area contributed by atoms with Gasteiger partial charge in [0.1, 0.15) is 0 Å². The lowest BCUT2D eigenvalue weighted by Crippen LogP contribution is -2.45. The van der Waals surface area contributed by atoms with Crippen LogP contribution in [0.1, 0.15) is 45.1 Å². The van der Waals surface area contributed by atoms with Crippen molar-refractivity contribution in [2.75, 3.05) is 11.9 Å². The van der Waals surface area contributed by atoms with Crippen LogP contribution in [0.2, 0.25) is 0 Å². The predicted octanol–water partition coefficient (Wildman–Crippen LogP) is 4.81. The summed E-state index contributed by atoms with van der Waals surface area (Å²) < 4.78 is 43.4. The standard InChI is InChI=1S/C18H25F3N2O2/c1-3-12(4-2)16-11-15(9-10-25-16)23-17(24)22-14-7-5-13(6-8-14)18(19,20)21/h5-8,12,15-16H,3-4,9-11H2,1-2H3,(H2,22,23,24)/t15-,16-/m1/s1. The normalized spacial score (nSPS) is 21.2. The van der Waals surface area contributed by atoms with Crippen LogP contribution >= 0.6 is 0 Å². The van der Waals surface area contributed by atoms with Gasteiger partial charge in [0.15, 0.2) is 0 Å². The van der Waals surface area contributed by atoms with Gasteiger partial charge < -0.3 is 15.4 Å². The fraction of sp³-hybridized carbons (Fsp3) is 0.611. The SMILES string of the molecule is CCC(CC)[C@H]1C[C@H](NC(=O)Nc2ccc(C(F)(F)F)cc2)CCO1. The summed E-state index contributed by atoms with van der Waals surface area (Å²) in [5, 5.41) is 5.47. The molecule has 25 heavy (non-hydrogen) atoms. The van der Waals surface area contributed by atoms with Crippen molar-refractivity contribution in [2.45, 2.75) is 57.9 Å². The van der Waals surface area contributed by atoms with Crippen molar-refractivity contribution in [3.63, 3.8) is 0 Å². The molecule has 2 rings (SSSR count). The smallest absolute Gasteiger partial charge is 0.378 e. The zero-order chi connectivity index (χ0) is 18.4. The Morgan fingerprint density at radius 1 is 1.24 bits per heavy atom. The predicted molar refractivity (Wildman–Crippen MR) is 90.4 cm³/mol. The molecule has 1 aromatic carbocycles. The maximum atomic E-state index is 12.5. The summed E-state index contributed by atoms with van der Waals surface area (Å²) in [6, 6.07) is 4.00. The first-order chi connectivity index (χ1) is 11.8. The number of anilines is 1. The Balaban J connectivity index is 1.87. The van der Waals surface area contributed by atoms with E-state index in [2.05, 4.69) is 24.5 Å². The number of carbonyl (C=O) groups is 1. The number of hydrogen-bond acceptors (Lipinski definition) is 2. The first kappa shape index (κ1) is 19.6. The Bertz CT molecular complexity index is 556. The monoisotopic (exact) mass is 358 g/mol. The lowest BCUT2D eigenvalue weighted by molar-refractivity contribution is -0.137. The van der Waals surface area contributed by atoms with E-state index in [0.717, 1.165) is 37.8 Å². The molecule has 0 unspecified atom stereocenters. The first-order valence-corrected chi connectivity index (χ1v) is 8.69. The quantitative estimate of drug-likeness (QED) is 0.793. The van der Waals surface area contributed by atoms with Gasteiger partial charge in [-0.3, -0.25) is 0 Å². The number of halogens is 3. The maximum Gasteiger partial charge on any atom is 0.416 e. The van der Waals surface area contributed by atoms with Crippen LogP contribution in [-0.2, 0) is 10.9 Å². The minimum Gasteiger partial charge on any atom is -0.378 e. The molecule has 1 fully saturated rings. The molecular weight excluding hydrogens is 333 g/mol. The average molecular weight is 358 g/mol. The molecule has 2 amide bonds. The van der Waals surface area contributed by atoms with Crippen LogP contribution in [0.5, 0.6) is 0 Å². The molecular formula is C18H25F3N2O2. The van der Waals surface area contributed by atoms with Crippen molar-refractivity contribution in [3.8, 4) is 0 Å². The van der Waals surface area contributed by atoms with Gasteiger partial charge in [-0.15, -0.1) is 0 Å². The van der Waals surface area contributed by atoms with Gasteiger partial charge in [0.25, 0.3) is 0 Å². The van der Waals surface area contributed by atoms with Gasteiger partial charge in [-0.25, -0.2) is 4.79 Å². The Labute approximate surface area is 146 Å². The molecule has 0 radical (unpaired) electrons. The van der Waals surface area contributed by atoms with E-state index in [1.54, 1.807) is 0 Å². The average Bonchev–Trinajstić information content (AvgIpc) is 2.56. The van der Waals surface area contributed by atoms with Gasteiger partial charge in [-0.2, -0.15) is 13.2 Å². The summed E-state index contributed by atoms with van der Waals surface area (Å²) >= 11 is 0. The van der Waals surface area contributed by atoms with Crippen LogP contribution in [0.25, 0.3) is 0 Å². The highest BCUT2D eigenvalue weighted by molar-refractivity contribution is 5.89. The number of ether oxygens (including phenoxy) is 1. The van der Waals surface area contributed by atoms with E-state index in [1.807, 2.05) is 0 Å². The third kappa shape index (κ3) is 5.63. The molecule has 0 aliphatic carbocycles. The second kappa shape index (κ2) is 8.56. The molecule has 1 saturated heterocycles. The molecule has 0 spiro atoms. The summed E-state index contributed by atoms with van der Waals surface area (Å²) in [6.45, 7) is 4.87. The van der Waals surface area contributed by atoms with E-state index in [4.69, 9.17) is 4.74 Å². The molecule has 2 atom stereocenters. The number of benzene rings is 1. The number of hydrogen-bond donors (Lipinski definition) is 2. The lowest BCUT2D eigenvalue weighted by atomic mass is 9.89.